The number of primary amides is 1. The normalized spacial score (nSPS) is 14.4. The first-order valence-corrected chi connectivity index (χ1v) is 13.0. The number of carbonyl (C=O) groups is 5. The van der Waals surface area contributed by atoms with E-state index in [0.717, 1.165) is 0 Å². The van der Waals surface area contributed by atoms with Crippen LogP contribution in [0.4, 0.5) is 0 Å². The van der Waals surface area contributed by atoms with Gasteiger partial charge in [0.05, 0.1) is 6.04 Å². The van der Waals surface area contributed by atoms with Gasteiger partial charge in [0.1, 0.15) is 18.1 Å². The number of hydrogen-bond acceptors (Lipinski definition) is 8. The molecule has 0 rings (SSSR count). The van der Waals surface area contributed by atoms with Gasteiger partial charge in [-0.2, -0.15) is 0 Å². The van der Waals surface area contributed by atoms with Gasteiger partial charge in [-0.1, -0.05) is 20.3 Å². The molecule has 0 aliphatic rings. The molecule has 0 aliphatic heterocycles. The van der Waals surface area contributed by atoms with E-state index >= 15 is 0 Å². The van der Waals surface area contributed by atoms with Crippen molar-refractivity contribution >= 4 is 41.5 Å². The van der Waals surface area contributed by atoms with Crippen LogP contribution in [0.3, 0.4) is 0 Å². The molecule has 5 unspecified atom stereocenters. The third kappa shape index (κ3) is 15.3. The van der Waals surface area contributed by atoms with Crippen molar-refractivity contribution in [2.24, 2.45) is 50.3 Å². The number of nitrogens with one attached hydrogen (secondary N) is 3. The number of rotatable bonds is 20. The Morgan fingerprint density at radius 3 is 1.75 bits per heavy atom. The third-order valence-corrected chi connectivity index (χ3v) is 5.97. The summed E-state index contributed by atoms with van der Waals surface area (Å²) >= 11 is 0. The summed E-state index contributed by atoms with van der Waals surface area (Å²) in [5.74, 6) is -4.73. The molecule has 228 valence electrons. The molecule has 0 radical (unpaired) electrons. The highest BCUT2D eigenvalue weighted by Gasteiger charge is 2.32. The minimum absolute atomic E-state index is 0.0436. The number of guanidine groups is 2. The Kier molecular flexibility index (Phi) is 17.0. The van der Waals surface area contributed by atoms with Crippen molar-refractivity contribution in [3.63, 3.8) is 0 Å². The molecule has 0 spiro atoms. The monoisotopic (exact) mass is 571 g/mol. The molecule has 0 fully saturated rings. The predicted molar refractivity (Wildman–Crippen MR) is 149 cm³/mol. The van der Waals surface area contributed by atoms with Gasteiger partial charge in [0, 0.05) is 19.5 Å². The van der Waals surface area contributed by atoms with E-state index in [0.29, 0.717) is 12.8 Å². The van der Waals surface area contributed by atoms with E-state index in [1.165, 1.54) is 0 Å². The molecule has 5 atom stereocenters. The molecule has 16 N–H and O–H groups in total. The van der Waals surface area contributed by atoms with Gasteiger partial charge < -0.3 is 55.5 Å². The fraction of sp³-hybridized carbons (Fsp3) is 0.696. The Labute approximate surface area is 233 Å². The summed E-state index contributed by atoms with van der Waals surface area (Å²) < 4.78 is 0. The molecule has 17 nitrogen and oxygen atoms in total. The summed E-state index contributed by atoms with van der Waals surface area (Å²) in [5.41, 5.74) is 32.3. The molecule has 0 aromatic carbocycles. The number of carboxylic acids is 1. The zero-order chi connectivity index (χ0) is 30.8. The number of amides is 4. The second-order valence-corrected chi connectivity index (χ2v) is 9.34. The van der Waals surface area contributed by atoms with Crippen LogP contribution in [0.5, 0.6) is 0 Å². The van der Waals surface area contributed by atoms with Crippen LogP contribution < -0.4 is 50.4 Å². The highest BCUT2D eigenvalue weighted by molar-refractivity contribution is 5.94. The quantitative estimate of drug-likeness (QED) is 0.0384. The van der Waals surface area contributed by atoms with Crippen LogP contribution >= 0.6 is 0 Å². The van der Waals surface area contributed by atoms with E-state index in [4.69, 9.17) is 34.4 Å². The van der Waals surface area contributed by atoms with Crippen molar-refractivity contribution in [3.05, 3.63) is 0 Å². The summed E-state index contributed by atoms with van der Waals surface area (Å²) in [6.07, 6.45) is 0.997. The van der Waals surface area contributed by atoms with Crippen LogP contribution in [0.1, 0.15) is 58.8 Å². The average molecular weight is 572 g/mol. The van der Waals surface area contributed by atoms with Gasteiger partial charge >= 0.3 is 5.97 Å². The molecule has 0 bridgehead atoms. The minimum Gasteiger partial charge on any atom is -0.480 e. The number of carboxylic acid groups (broad SMARTS) is 1. The first kappa shape index (κ1) is 35.9. The summed E-state index contributed by atoms with van der Waals surface area (Å²) in [6.45, 7) is 3.99. The van der Waals surface area contributed by atoms with Gasteiger partial charge in [-0.3, -0.25) is 29.2 Å². The van der Waals surface area contributed by atoms with Gasteiger partial charge in [0.25, 0.3) is 0 Å². The Bertz CT molecular complexity index is 919. The van der Waals surface area contributed by atoms with Crippen LogP contribution in [0.15, 0.2) is 9.98 Å². The van der Waals surface area contributed by atoms with Gasteiger partial charge in [0.2, 0.25) is 23.6 Å². The van der Waals surface area contributed by atoms with Crippen LogP contribution in [0, 0.1) is 5.92 Å². The predicted octanol–water partition coefficient (Wildman–Crippen LogP) is -3.73. The van der Waals surface area contributed by atoms with Crippen LogP contribution in [0.2, 0.25) is 0 Å². The number of nitrogens with two attached hydrogens (primary N) is 6. The number of nitrogens with zero attached hydrogens (tertiary/aromatic N) is 2. The van der Waals surface area contributed by atoms with Crippen molar-refractivity contribution < 1.29 is 29.1 Å². The fourth-order valence-corrected chi connectivity index (χ4v) is 3.46. The second-order valence-electron chi connectivity index (χ2n) is 9.34. The largest absolute Gasteiger partial charge is 0.480 e. The van der Waals surface area contributed by atoms with Crippen LogP contribution in [-0.4, -0.2) is 83.9 Å². The zero-order valence-electron chi connectivity index (χ0n) is 23.1. The maximum atomic E-state index is 13.3. The lowest BCUT2D eigenvalue weighted by atomic mass is 9.96. The van der Waals surface area contributed by atoms with Crippen molar-refractivity contribution in [2.75, 3.05) is 13.1 Å². The van der Waals surface area contributed by atoms with Crippen molar-refractivity contribution in [1.82, 2.24) is 16.0 Å². The lowest BCUT2D eigenvalue weighted by Gasteiger charge is -2.28. The molecular formula is C23H45N11O6. The molecule has 0 saturated carbocycles. The minimum atomic E-state index is -1.42. The molecule has 0 aliphatic carbocycles. The number of aliphatic carboxylic acids is 1. The van der Waals surface area contributed by atoms with Crippen LogP contribution in [0.25, 0.3) is 0 Å². The first-order valence-electron chi connectivity index (χ1n) is 13.0. The molecule has 0 aromatic rings. The van der Waals surface area contributed by atoms with E-state index < -0.39 is 53.8 Å². The smallest absolute Gasteiger partial charge is 0.326 e. The number of aliphatic imine (C=N–C) groups is 2. The summed E-state index contributed by atoms with van der Waals surface area (Å²) in [7, 11) is 0. The zero-order valence-corrected chi connectivity index (χ0v) is 23.1. The van der Waals surface area contributed by atoms with E-state index in [9.17, 15) is 29.1 Å². The Morgan fingerprint density at radius 1 is 0.750 bits per heavy atom. The van der Waals surface area contributed by atoms with Crippen molar-refractivity contribution in [1.29, 1.82) is 0 Å². The maximum Gasteiger partial charge on any atom is 0.326 e. The summed E-state index contributed by atoms with van der Waals surface area (Å²) in [6, 6.07) is -4.60. The van der Waals surface area contributed by atoms with Crippen LogP contribution in [-0.2, 0) is 24.0 Å². The SMILES string of the molecule is CCC(C)C(NC(=O)C(N)CCCN=C(N)N)C(=O)NC(CCCN=C(N)N)C(=O)NC(CCC(N)=O)C(=O)O. The molecule has 40 heavy (non-hydrogen) atoms. The van der Waals surface area contributed by atoms with Crippen molar-refractivity contribution in [2.45, 2.75) is 83.0 Å². The Balaban J connectivity index is 5.64. The van der Waals surface area contributed by atoms with E-state index in [2.05, 4.69) is 25.9 Å². The molecule has 0 aromatic heterocycles. The molecule has 4 amide bonds. The third-order valence-electron chi connectivity index (χ3n) is 5.97. The number of carbonyl (C=O) groups excluding carboxylic acids is 4. The van der Waals surface area contributed by atoms with Gasteiger partial charge in [0.15, 0.2) is 11.9 Å². The van der Waals surface area contributed by atoms with E-state index in [1.54, 1.807) is 6.92 Å². The molecular weight excluding hydrogens is 526 g/mol. The molecule has 17 heteroatoms. The van der Waals surface area contributed by atoms with Gasteiger partial charge in [-0.15, -0.1) is 0 Å². The van der Waals surface area contributed by atoms with E-state index in [1.807, 2.05) is 6.92 Å². The van der Waals surface area contributed by atoms with E-state index in [-0.39, 0.29) is 63.0 Å². The fourth-order valence-electron chi connectivity index (χ4n) is 3.46. The summed E-state index contributed by atoms with van der Waals surface area (Å²) in [4.78, 5) is 69.4. The average Bonchev–Trinajstić information content (AvgIpc) is 2.87. The molecule has 0 heterocycles. The summed E-state index contributed by atoms with van der Waals surface area (Å²) in [5, 5.41) is 17.0. The molecule has 0 saturated heterocycles. The van der Waals surface area contributed by atoms with Gasteiger partial charge in [-0.05, 0) is 38.0 Å². The first-order chi connectivity index (χ1) is 18.7. The van der Waals surface area contributed by atoms with Crippen molar-refractivity contribution in [3.8, 4) is 0 Å². The lowest BCUT2D eigenvalue weighted by Crippen LogP contribution is -2.58. The number of hydrogen-bond donors (Lipinski definition) is 10. The second kappa shape index (κ2) is 19.0. The maximum absolute atomic E-state index is 13.3. The lowest BCUT2D eigenvalue weighted by molar-refractivity contribution is -0.142. The topological polar surface area (TPSA) is 323 Å². The Morgan fingerprint density at radius 2 is 1.27 bits per heavy atom. The highest BCUT2D eigenvalue weighted by atomic mass is 16.4. The van der Waals surface area contributed by atoms with Gasteiger partial charge in [-0.25, -0.2) is 4.79 Å². The standard InChI is InChI=1S/C23H45N11O6/c1-3-12(2)17(34-18(36)13(24)6-4-10-30-22(26)27)20(38)32-14(7-5-11-31-23(28)29)19(37)33-15(21(39)40)8-9-16(25)35/h12-15,17H,3-11,24H2,1-2H3,(H2,25,35)(H,32,38)(H,33,37)(H,34,36)(H,39,40)(H4,26,27,30)(H4,28,29,31). The highest BCUT2D eigenvalue weighted by Crippen LogP contribution is 2.11. The Hall–Kier alpha value is -4.15.